The molecule has 0 atom stereocenters. The second-order valence-electron chi connectivity index (χ2n) is 4.28. The molecular weight excluding hydrogens is 280 g/mol. The molecule has 21 heavy (non-hydrogen) atoms. The highest BCUT2D eigenvalue weighted by molar-refractivity contribution is 5.76. The Balaban J connectivity index is 1.56. The zero-order chi connectivity index (χ0) is 14.7. The first kappa shape index (κ1) is 13.0. The van der Waals surface area contributed by atoms with Gasteiger partial charge in [0.1, 0.15) is 5.75 Å². The summed E-state index contributed by atoms with van der Waals surface area (Å²) in [5.74, 6) is 0.704. The standard InChI is InChI=1S/C12H11N4O5/c17-12-6-16(18)21-15(12)5-9-1-3-10(4-2-9)19-7-11-13-8-20-14-11/h1-4,8H,5-7H2/q+1. The number of amides is 1. The molecule has 0 unspecified atom stereocenters. The fraction of sp³-hybridized carbons (Fsp3) is 0.250. The van der Waals surface area contributed by atoms with Gasteiger partial charge in [-0.2, -0.15) is 4.98 Å². The van der Waals surface area contributed by atoms with Crippen LogP contribution in [0.1, 0.15) is 11.4 Å². The molecule has 2 heterocycles. The number of hydrogen-bond donors (Lipinski definition) is 0. The van der Waals surface area contributed by atoms with Crippen LogP contribution in [0.15, 0.2) is 35.2 Å². The molecule has 1 amide bonds. The van der Waals surface area contributed by atoms with E-state index in [1.54, 1.807) is 24.3 Å². The largest absolute Gasteiger partial charge is 0.485 e. The van der Waals surface area contributed by atoms with Crippen LogP contribution >= 0.6 is 0 Å². The molecule has 0 saturated carbocycles. The molecule has 0 N–H and O–H groups in total. The van der Waals surface area contributed by atoms with Crippen LogP contribution < -0.4 is 4.74 Å². The van der Waals surface area contributed by atoms with E-state index in [2.05, 4.69) is 14.7 Å². The highest BCUT2D eigenvalue weighted by Crippen LogP contribution is 2.16. The first-order valence-corrected chi connectivity index (χ1v) is 6.11. The fourth-order valence-corrected chi connectivity index (χ4v) is 1.75. The predicted octanol–water partition coefficient (Wildman–Crippen LogP) is 0.616. The van der Waals surface area contributed by atoms with Gasteiger partial charge in [0, 0.05) is 0 Å². The van der Waals surface area contributed by atoms with E-state index in [-0.39, 0.29) is 30.5 Å². The quantitative estimate of drug-likeness (QED) is 0.796. The highest BCUT2D eigenvalue weighted by atomic mass is 16.9. The van der Waals surface area contributed by atoms with Crippen LogP contribution in [0.25, 0.3) is 0 Å². The minimum atomic E-state index is -0.373. The Morgan fingerprint density at radius 1 is 1.33 bits per heavy atom. The van der Waals surface area contributed by atoms with Gasteiger partial charge < -0.3 is 9.26 Å². The van der Waals surface area contributed by atoms with E-state index in [1.807, 2.05) is 0 Å². The Morgan fingerprint density at radius 2 is 2.14 bits per heavy atom. The molecule has 1 fully saturated rings. The lowest BCUT2D eigenvalue weighted by Crippen LogP contribution is -2.23. The van der Waals surface area contributed by atoms with Gasteiger partial charge in [-0.05, 0) is 17.7 Å². The summed E-state index contributed by atoms with van der Waals surface area (Å²) in [6.45, 7) is 0.114. The summed E-state index contributed by atoms with van der Waals surface area (Å²) in [7, 11) is 0. The van der Waals surface area contributed by atoms with E-state index >= 15 is 0 Å². The second kappa shape index (κ2) is 5.57. The number of rotatable bonds is 5. The molecule has 1 aliphatic heterocycles. The van der Waals surface area contributed by atoms with Crippen LogP contribution in [-0.2, 0) is 22.9 Å². The van der Waals surface area contributed by atoms with Gasteiger partial charge in [-0.1, -0.05) is 27.3 Å². The molecular formula is C12H11N4O5+. The van der Waals surface area contributed by atoms with Gasteiger partial charge in [0.2, 0.25) is 12.2 Å². The summed E-state index contributed by atoms with van der Waals surface area (Å²) in [5.41, 5.74) is 0.811. The van der Waals surface area contributed by atoms with Crippen LogP contribution in [0.3, 0.4) is 0 Å². The molecule has 1 aromatic carbocycles. The average molecular weight is 291 g/mol. The molecule has 0 radical (unpaired) electrons. The number of nitrogens with zero attached hydrogens (tertiary/aromatic N) is 4. The van der Waals surface area contributed by atoms with Gasteiger partial charge >= 0.3 is 12.5 Å². The summed E-state index contributed by atoms with van der Waals surface area (Å²) in [6.07, 6.45) is 1.23. The van der Waals surface area contributed by atoms with Crippen molar-refractivity contribution in [2.75, 3.05) is 6.54 Å². The van der Waals surface area contributed by atoms with Gasteiger partial charge in [-0.3, -0.25) is 4.79 Å². The number of carbonyl (C=O) groups excluding carboxylic acids is 1. The molecule has 2 aromatic rings. The van der Waals surface area contributed by atoms with Crippen molar-refractivity contribution in [3.63, 3.8) is 0 Å². The normalized spacial score (nSPS) is 14.4. The van der Waals surface area contributed by atoms with E-state index in [0.717, 1.165) is 10.6 Å². The maximum absolute atomic E-state index is 11.4. The molecule has 1 aromatic heterocycles. The third-order valence-corrected chi connectivity index (χ3v) is 2.76. The van der Waals surface area contributed by atoms with E-state index < -0.39 is 0 Å². The first-order chi connectivity index (χ1) is 10.2. The van der Waals surface area contributed by atoms with Gasteiger partial charge in [0.25, 0.3) is 4.92 Å². The molecule has 0 aliphatic carbocycles. The van der Waals surface area contributed by atoms with E-state index in [9.17, 15) is 9.70 Å². The van der Waals surface area contributed by atoms with Crippen LogP contribution in [0, 0.1) is 4.91 Å². The summed E-state index contributed by atoms with van der Waals surface area (Å²) in [6, 6.07) is 7.03. The fourth-order valence-electron chi connectivity index (χ4n) is 1.75. The van der Waals surface area contributed by atoms with Crippen LogP contribution in [0.2, 0.25) is 0 Å². The van der Waals surface area contributed by atoms with Crippen molar-refractivity contribution >= 4 is 5.91 Å². The SMILES string of the molecule is O=C1C[N+](=O)ON1Cc1ccc(OCc2ncon2)cc1. The van der Waals surface area contributed by atoms with E-state index in [0.29, 0.717) is 11.6 Å². The van der Waals surface area contributed by atoms with Gasteiger partial charge in [-0.25, -0.2) is 0 Å². The summed E-state index contributed by atoms with van der Waals surface area (Å²) < 4.78 is 10.1. The summed E-state index contributed by atoms with van der Waals surface area (Å²) in [5, 5.41) is 4.64. The Kier molecular flexibility index (Phi) is 3.46. The topological polar surface area (TPSA) is 97.8 Å². The smallest absolute Gasteiger partial charge is 0.336 e. The third-order valence-electron chi connectivity index (χ3n) is 2.76. The summed E-state index contributed by atoms with van der Waals surface area (Å²) >= 11 is 0. The molecule has 9 nitrogen and oxygen atoms in total. The number of hydroxylamine groups is 2. The Bertz CT molecular complexity index is 640. The number of ether oxygens (including phenoxy) is 1. The maximum Gasteiger partial charge on any atom is 0.336 e. The Morgan fingerprint density at radius 3 is 2.76 bits per heavy atom. The van der Waals surface area contributed by atoms with Crippen molar-refractivity contribution < 1.29 is 23.9 Å². The minimum absolute atomic E-state index is 0.197. The van der Waals surface area contributed by atoms with Gasteiger partial charge in [0.05, 0.1) is 11.5 Å². The summed E-state index contributed by atoms with van der Waals surface area (Å²) in [4.78, 5) is 31.1. The zero-order valence-electron chi connectivity index (χ0n) is 10.8. The lowest BCUT2D eigenvalue weighted by molar-refractivity contribution is -0.817. The third kappa shape index (κ3) is 3.14. The van der Waals surface area contributed by atoms with Crippen molar-refractivity contribution in [3.05, 3.63) is 47.0 Å². The average Bonchev–Trinajstić information content (AvgIpc) is 3.08. The highest BCUT2D eigenvalue weighted by Gasteiger charge is 2.37. The monoisotopic (exact) mass is 291 g/mol. The van der Waals surface area contributed by atoms with Crippen LogP contribution in [0.5, 0.6) is 5.75 Å². The molecule has 1 aliphatic rings. The molecule has 0 bridgehead atoms. The number of benzene rings is 1. The molecule has 1 saturated heterocycles. The lowest BCUT2D eigenvalue weighted by atomic mass is 10.2. The lowest BCUT2D eigenvalue weighted by Gasteiger charge is -2.08. The first-order valence-electron chi connectivity index (χ1n) is 6.11. The van der Waals surface area contributed by atoms with Crippen molar-refractivity contribution in [3.8, 4) is 5.75 Å². The van der Waals surface area contributed by atoms with Crippen molar-refractivity contribution in [2.45, 2.75) is 13.2 Å². The van der Waals surface area contributed by atoms with Crippen molar-refractivity contribution in [1.29, 1.82) is 0 Å². The van der Waals surface area contributed by atoms with Crippen LogP contribution in [-0.4, -0.2) is 32.6 Å². The maximum atomic E-state index is 11.4. The zero-order valence-corrected chi connectivity index (χ0v) is 10.8. The van der Waals surface area contributed by atoms with Gasteiger partial charge in [-0.15, -0.1) is 0 Å². The number of carbonyl (C=O) groups is 1. The van der Waals surface area contributed by atoms with Crippen LogP contribution in [0.4, 0.5) is 0 Å². The second-order valence-corrected chi connectivity index (χ2v) is 4.28. The predicted molar refractivity (Wildman–Crippen MR) is 65.2 cm³/mol. The Hall–Kier alpha value is -2.97. The molecule has 0 spiro atoms. The Labute approximate surface area is 118 Å². The van der Waals surface area contributed by atoms with Crippen molar-refractivity contribution in [1.82, 2.24) is 15.2 Å². The number of aromatic nitrogens is 2. The van der Waals surface area contributed by atoms with Crippen molar-refractivity contribution in [2.24, 2.45) is 0 Å². The molecule has 3 rings (SSSR count). The van der Waals surface area contributed by atoms with E-state index in [4.69, 9.17) is 9.68 Å². The molecule has 108 valence electrons. The van der Waals surface area contributed by atoms with Gasteiger partial charge in [0.15, 0.2) is 6.61 Å². The van der Waals surface area contributed by atoms with E-state index in [1.165, 1.54) is 6.39 Å². The molecule has 9 heteroatoms. The minimum Gasteiger partial charge on any atom is -0.485 e. The number of hydrogen-bond acceptors (Lipinski definition) is 7.